The van der Waals surface area contributed by atoms with Crippen LogP contribution in [0, 0.1) is 11.8 Å². The van der Waals surface area contributed by atoms with E-state index >= 15 is 0 Å². The lowest BCUT2D eigenvalue weighted by Crippen LogP contribution is -2.58. The smallest absolute Gasteiger partial charge is 0.445 e. The van der Waals surface area contributed by atoms with Crippen LogP contribution in [0.25, 0.3) is 0 Å². The maximum absolute atomic E-state index is 13.1. The Kier molecular flexibility index (Phi) is 12.9. The van der Waals surface area contributed by atoms with Crippen molar-refractivity contribution in [1.82, 2.24) is 10.2 Å². The molecule has 1 aliphatic rings. The number of nitrogens with zero attached hydrogens (tertiary/aromatic N) is 1. The molecule has 1 aliphatic heterocycles. The van der Waals surface area contributed by atoms with E-state index in [0.29, 0.717) is 11.1 Å². The zero-order valence-corrected chi connectivity index (χ0v) is 24.4. The van der Waals surface area contributed by atoms with E-state index in [0.717, 1.165) is 4.90 Å². The second-order valence-electron chi connectivity index (χ2n) is 10.6. The summed E-state index contributed by atoms with van der Waals surface area (Å²) < 4.78 is 91.2. The Morgan fingerprint density at radius 3 is 1.82 bits per heavy atom. The molecule has 2 aromatic rings. The number of carbonyl (C=O) groups excluding carboxylic acids is 2. The molecule has 0 spiro atoms. The molecule has 0 bridgehead atoms. The van der Waals surface area contributed by atoms with Gasteiger partial charge in [0.2, 0.25) is 0 Å². The van der Waals surface area contributed by atoms with E-state index in [4.69, 9.17) is 9.47 Å². The highest BCUT2D eigenvalue weighted by molar-refractivity contribution is 5.68. The van der Waals surface area contributed by atoms with Gasteiger partial charge in [0.1, 0.15) is 26.0 Å². The number of carbonyl (C=O) groups is 2. The van der Waals surface area contributed by atoms with Gasteiger partial charge >= 0.3 is 24.5 Å². The maximum atomic E-state index is 13.1. The van der Waals surface area contributed by atoms with Crippen molar-refractivity contribution >= 4 is 12.2 Å². The summed E-state index contributed by atoms with van der Waals surface area (Å²) >= 11 is 0. The van der Waals surface area contributed by atoms with Crippen molar-refractivity contribution in [2.75, 3.05) is 6.73 Å². The number of alkyl halides is 6. The van der Waals surface area contributed by atoms with Crippen LogP contribution in [-0.4, -0.2) is 70.4 Å². The summed E-state index contributed by atoms with van der Waals surface area (Å²) in [5.74, 6) is -4.69. The summed E-state index contributed by atoms with van der Waals surface area (Å²) in [7, 11) is 0. The fourth-order valence-electron chi connectivity index (χ4n) is 4.29. The Hall–Kier alpha value is -3.56. The first-order chi connectivity index (χ1) is 20.4. The molecule has 15 heteroatoms. The van der Waals surface area contributed by atoms with Gasteiger partial charge in [0.15, 0.2) is 6.10 Å². The molecule has 0 aromatic heterocycles. The average Bonchev–Trinajstić information content (AvgIpc) is 3.33. The van der Waals surface area contributed by atoms with Gasteiger partial charge in [0.25, 0.3) is 5.79 Å². The van der Waals surface area contributed by atoms with Crippen molar-refractivity contribution in [3.63, 3.8) is 0 Å². The average molecular weight is 639 g/mol. The molecule has 1 fully saturated rings. The minimum Gasteiger partial charge on any atom is -0.445 e. The summed E-state index contributed by atoms with van der Waals surface area (Å²) in [6.45, 7) is 5.05. The number of rotatable bonds is 8. The zero-order valence-electron chi connectivity index (χ0n) is 24.4. The predicted octanol–water partition coefficient (Wildman–Crippen LogP) is 5.75. The number of nitrogens with one attached hydrogen (secondary N) is 1. The summed E-state index contributed by atoms with van der Waals surface area (Å²) in [5, 5.41) is 21.2. The summed E-state index contributed by atoms with van der Waals surface area (Å²) in [5.41, 5.74) is 1.42. The minimum atomic E-state index is -5.02. The Balaban J connectivity index is 0.000000308. The molecule has 9 nitrogen and oxygen atoms in total. The van der Waals surface area contributed by atoms with Gasteiger partial charge in [0, 0.05) is 0 Å². The highest BCUT2D eigenvalue weighted by Crippen LogP contribution is 2.43. The van der Waals surface area contributed by atoms with E-state index in [1.165, 1.54) is 27.7 Å². The molecular weight excluding hydrogens is 602 g/mol. The number of aliphatic hydroxyl groups is 2. The first-order valence-electron chi connectivity index (χ1n) is 13.5. The van der Waals surface area contributed by atoms with Crippen molar-refractivity contribution in [3.05, 3.63) is 71.8 Å². The van der Waals surface area contributed by atoms with Crippen LogP contribution in [0.15, 0.2) is 60.7 Å². The van der Waals surface area contributed by atoms with Crippen LogP contribution < -0.4 is 5.32 Å². The van der Waals surface area contributed by atoms with Gasteiger partial charge in [-0.25, -0.2) is 9.59 Å². The molecule has 0 saturated carbocycles. The van der Waals surface area contributed by atoms with E-state index in [2.05, 4.69) is 10.1 Å². The number of amides is 2. The van der Waals surface area contributed by atoms with E-state index < -0.39 is 67.1 Å². The Bertz CT molecular complexity index is 1180. The lowest BCUT2D eigenvalue weighted by atomic mass is 9.94. The monoisotopic (exact) mass is 638 g/mol. The van der Waals surface area contributed by atoms with Crippen LogP contribution in [-0.2, 0) is 27.4 Å². The van der Waals surface area contributed by atoms with Gasteiger partial charge in [-0.15, -0.1) is 0 Å². The lowest BCUT2D eigenvalue weighted by Gasteiger charge is -2.34. The zero-order chi connectivity index (χ0) is 33.3. The predicted molar refractivity (Wildman–Crippen MR) is 144 cm³/mol. The van der Waals surface area contributed by atoms with Crippen LogP contribution in [0.1, 0.15) is 38.8 Å². The number of alkyl carbamates (subject to hydrolysis) is 1. The summed E-state index contributed by atoms with van der Waals surface area (Å²) in [6, 6.07) is 14.4. The third-order valence-electron chi connectivity index (χ3n) is 6.53. The van der Waals surface area contributed by atoms with Crippen LogP contribution in [0.5, 0.6) is 0 Å². The van der Waals surface area contributed by atoms with Crippen LogP contribution in [0.4, 0.5) is 35.9 Å². The molecule has 1 saturated heterocycles. The second kappa shape index (κ2) is 15.4. The molecule has 2 amide bonds. The van der Waals surface area contributed by atoms with Crippen molar-refractivity contribution in [3.8, 4) is 0 Å². The largest absolute Gasteiger partial charge is 0.445 e. The Morgan fingerprint density at radius 2 is 1.41 bits per heavy atom. The SMILES string of the molecule is CC(C)[C@@H]1N(C(=O)OCc2ccccc2)CO[C@@]1(O)C(F)(F)F.CC(C)[C@H](NC(=O)OCc1ccccc1)[C@H](O)C(F)(F)F. The molecule has 2 aromatic carbocycles. The van der Waals surface area contributed by atoms with Gasteiger partial charge in [-0.2, -0.15) is 26.3 Å². The molecule has 246 valence electrons. The molecule has 44 heavy (non-hydrogen) atoms. The Labute approximate surface area is 250 Å². The van der Waals surface area contributed by atoms with Gasteiger partial charge in [0.05, 0.1) is 6.04 Å². The molecular formula is C29H36F6N2O7. The third kappa shape index (κ3) is 9.99. The van der Waals surface area contributed by atoms with Crippen LogP contribution in [0.3, 0.4) is 0 Å². The molecule has 0 unspecified atom stereocenters. The molecule has 3 N–H and O–H groups in total. The van der Waals surface area contributed by atoms with Crippen molar-refractivity contribution < 1.29 is 60.4 Å². The van der Waals surface area contributed by atoms with Crippen molar-refractivity contribution in [2.24, 2.45) is 11.8 Å². The lowest BCUT2D eigenvalue weighted by molar-refractivity contribution is -0.357. The molecule has 0 radical (unpaired) electrons. The number of halogens is 6. The van der Waals surface area contributed by atoms with E-state index in [1.807, 2.05) is 0 Å². The van der Waals surface area contributed by atoms with E-state index in [9.17, 15) is 46.1 Å². The molecule has 0 aliphatic carbocycles. The highest BCUT2D eigenvalue weighted by atomic mass is 19.4. The molecule has 1 heterocycles. The second-order valence-corrected chi connectivity index (χ2v) is 10.6. The van der Waals surface area contributed by atoms with E-state index in [1.54, 1.807) is 60.7 Å². The van der Waals surface area contributed by atoms with Gasteiger partial charge in [-0.3, -0.25) is 4.90 Å². The van der Waals surface area contributed by atoms with E-state index in [-0.39, 0.29) is 13.2 Å². The normalized spacial score (nSPS) is 20.0. The molecule has 4 atom stereocenters. The minimum absolute atomic E-state index is 0.0560. The fraction of sp³-hybridized carbons (Fsp3) is 0.517. The number of ether oxygens (including phenoxy) is 3. The number of benzene rings is 2. The highest BCUT2D eigenvalue weighted by Gasteiger charge is 2.67. The van der Waals surface area contributed by atoms with Crippen molar-refractivity contribution in [1.29, 1.82) is 0 Å². The standard InChI is InChI=1S/C15H18F3NO4.C14H18F3NO3/c1-10(2)12-14(21,15(16,17)18)23-9-19(12)13(20)22-8-11-6-4-3-5-7-11;1-9(2)11(12(19)14(15,16)17)18-13(20)21-8-10-6-4-3-5-7-10/h3-7,10,12,21H,8-9H2,1-2H3;3-7,9,11-12,19H,8H2,1-2H3,(H,18,20)/t12-,14+;11-,12-/m00/s1. The van der Waals surface area contributed by atoms with Crippen LogP contribution in [0.2, 0.25) is 0 Å². The summed E-state index contributed by atoms with van der Waals surface area (Å²) in [6.07, 6.45) is -14.4. The van der Waals surface area contributed by atoms with Gasteiger partial charge in [-0.1, -0.05) is 88.4 Å². The molecule has 3 rings (SSSR count). The third-order valence-corrected chi connectivity index (χ3v) is 6.53. The van der Waals surface area contributed by atoms with Crippen molar-refractivity contribution in [2.45, 2.75) is 77.2 Å². The van der Waals surface area contributed by atoms with Crippen LogP contribution >= 0.6 is 0 Å². The number of hydrogen-bond acceptors (Lipinski definition) is 7. The first kappa shape index (κ1) is 36.6. The van der Waals surface area contributed by atoms with Gasteiger partial charge in [-0.05, 0) is 23.0 Å². The fourth-order valence-corrected chi connectivity index (χ4v) is 4.29. The topological polar surface area (TPSA) is 118 Å². The first-order valence-corrected chi connectivity index (χ1v) is 13.5. The summed E-state index contributed by atoms with van der Waals surface area (Å²) in [4.78, 5) is 24.4. The maximum Gasteiger partial charge on any atom is 0.445 e. The van der Waals surface area contributed by atoms with Gasteiger partial charge < -0.3 is 29.7 Å². The Morgan fingerprint density at radius 1 is 0.932 bits per heavy atom. The number of hydrogen-bond donors (Lipinski definition) is 3. The number of aliphatic hydroxyl groups excluding tert-OH is 1. The quantitative estimate of drug-likeness (QED) is 0.316.